The Morgan fingerprint density at radius 3 is 2.72 bits per heavy atom. The number of hydrogen-bond acceptors (Lipinski definition) is 5. The van der Waals surface area contributed by atoms with E-state index in [9.17, 15) is 4.79 Å². The number of methoxy groups -OCH3 is 1. The Bertz CT molecular complexity index is 408. The number of rotatable bonds is 5. The van der Waals surface area contributed by atoms with Crippen molar-refractivity contribution in [1.29, 1.82) is 0 Å². The van der Waals surface area contributed by atoms with Crippen molar-refractivity contribution >= 4 is 11.8 Å². The van der Waals surface area contributed by atoms with Gasteiger partial charge in [0.15, 0.2) is 0 Å². The molecule has 0 saturated heterocycles. The lowest BCUT2D eigenvalue weighted by Gasteiger charge is -2.12. The number of anilines is 1. The van der Waals surface area contributed by atoms with Crippen molar-refractivity contribution < 1.29 is 9.53 Å². The second-order valence-corrected chi connectivity index (χ2v) is 3.90. The van der Waals surface area contributed by atoms with Crippen LogP contribution in [0, 0.1) is 6.92 Å². The highest BCUT2D eigenvalue weighted by molar-refractivity contribution is 5.73. The SMILES string of the molecule is COc1cc(NCCNC(=O)N(C)C)nc(C)n1. The van der Waals surface area contributed by atoms with Gasteiger partial charge in [-0.3, -0.25) is 0 Å². The van der Waals surface area contributed by atoms with E-state index in [0.29, 0.717) is 30.6 Å². The topological polar surface area (TPSA) is 79.4 Å². The van der Waals surface area contributed by atoms with Gasteiger partial charge in [0.1, 0.15) is 11.6 Å². The highest BCUT2D eigenvalue weighted by Gasteiger charge is 2.03. The molecule has 0 aromatic carbocycles. The molecular weight excluding hydrogens is 234 g/mol. The molecule has 2 N–H and O–H groups in total. The monoisotopic (exact) mass is 253 g/mol. The Balaban J connectivity index is 2.39. The number of urea groups is 1. The minimum Gasteiger partial charge on any atom is -0.481 e. The predicted octanol–water partition coefficient (Wildman–Crippen LogP) is 0.477. The average molecular weight is 253 g/mol. The normalized spacial score (nSPS) is 9.78. The van der Waals surface area contributed by atoms with E-state index in [2.05, 4.69) is 20.6 Å². The fraction of sp³-hybridized carbons (Fsp3) is 0.545. The van der Waals surface area contributed by atoms with E-state index in [4.69, 9.17) is 4.74 Å². The van der Waals surface area contributed by atoms with Crippen LogP contribution in [0.4, 0.5) is 10.6 Å². The minimum atomic E-state index is -0.117. The lowest BCUT2D eigenvalue weighted by atomic mass is 10.5. The largest absolute Gasteiger partial charge is 0.481 e. The van der Waals surface area contributed by atoms with Gasteiger partial charge in [0.05, 0.1) is 7.11 Å². The predicted molar refractivity (Wildman–Crippen MR) is 68.9 cm³/mol. The van der Waals surface area contributed by atoms with Crippen LogP contribution in [0.1, 0.15) is 5.82 Å². The molecule has 0 saturated carbocycles. The van der Waals surface area contributed by atoms with E-state index in [0.717, 1.165) is 0 Å². The quantitative estimate of drug-likeness (QED) is 0.746. The molecule has 1 heterocycles. The van der Waals surface area contributed by atoms with E-state index < -0.39 is 0 Å². The summed E-state index contributed by atoms with van der Waals surface area (Å²) in [6, 6.07) is 1.59. The van der Waals surface area contributed by atoms with Gasteiger partial charge in [-0.05, 0) is 6.92 Å². The van der Waals surface area contributed by atoms with Crippen LogP contribution in [0.2, 0.25) is 0 Å². The molecule has 0 atom stereocenters. The maximum absolute atomic E-state index is 11.3. The maximum Gasteiger partial charge on any atom is 0.316 e. The summed E-state index contributed by atoms with van der Waals surface area (Å²) in [5, 5.41) is 5.84. The third-order valence-corrected chi connectivity index (χ3v) is 2.14. The number of aromatic nitrogens is 2. The molecule has 100 valence electrons. The summed E-state index contributed by atoms with van der Waals surface area (Å²) in [5.74, 6) is 1.83. The van der Waals surface area contributed by atoms with Crippen molar-refractivity contribution in [3.8, 4) is 5.88 Å². The van der Waals surface area contributed by atoms with Gasteiger partial charge in [-0.1, -0.05) is 0 Å². The third kappa shape index (κ3) is 4.44. The molecule has 1 aromatic rings. The molecule has 1 rings (SSSR count). The van der Waals surface area contributed by atoms with Crippen molar-refractivity contribution in [2.45, 2.75) is 6.92 Å². The van der Waals surface area contributed by atoms with Gasteiger partial charge in [-0.15, -0.1) is 0 Å². The molecule has 0 radical (unpaired) electrons. The molecule has 0 bridgehead atoms. The summed E-state index contributed by atoms with van der Waals surface area (Å²) in [6.07, 6.45) is 0. The zero-order valence-corrected chi connectivity index (χ0v) is 11.1. The molecule has 0 aliphatic heterocycles. The van der Waals surface area contributed by atoms with Crippen LogP contribution in [0.5, 0.6) is 5.88 Å². The Hall–Kier alpha value is -2.05. The number of carbonyl (C=O) groups is 1. The van der Waals surface area contributed by atoms with Crippen molar-refractivity contribution in [3.63, 3.8) is 0 Å². The molecular formula is C11H19N5O2. The van der Waals surface area contributed by atoms with Crippen molar-refractivity contribution in [1.82, 2.24) is 20.2 Å². The summed E-state index contributed by atoms with van der Waals surface area (Å²) >= 11 is 0. The van der Waals surface area contributed by atoms with Crippen LogP contribution in [0.25, 0.3) is 0 Å². The van der Waals surface area contributed by atoms with Crippen molar-refractivity contribution in [2.75, 3.05) is 39.6 Å². The van der Waals surface area contributed by atoms with Gasteiger partial charge in [0, 0.05) is 33.3 Å². The van der Waals surface area contributed by atoms with Crippen molar-refractivity contribution in [3.05, 3.63) is 11.9 Å². The Kier molecular flexibility index (Phi) is 5.16. The highest BCUT2D eigenvalue weighted by Crippen LogP contribution is 2.11. The molecule has 0 unspecified atom stereocenters. The fourth-order valence-corrected chi connectivity index (χ4v) is 1.25. The van der Waals surface area contributed by atoms with Gasteiger partial charge in [-0.25, -0.2) is 9.78 Å². The summed E-state index contributed by atoms with van der Waals surface area (Å²) < 4.78 is 5.04. The summed E-state index contributed by atoms with van der Waals surface area (Å²) in [7, 11) is 4.95. The van der Waals surface area contributed by atoms with Crippen LogP contribution in [-0.4, -0.2) is 55.2 Å². The van der Waals surface area contributed by atoms with Crippen LogP contribution in [0.15, 0.2) is 6.07 Å². The second kappa shape index (κ2) is 6.63. The van der Waals surface area contributed by atoms with Crippen LogP contribution >= 0.6 is 0 Å². The first-order valence-electron chi connectivity index (χ1n) is 5.61. The average Bonchev–Trinajstić information content (AvgIpc) is 2.33. The van der Waals surface area contributed by atoms with Gasteiger partial charge >= 0.3 is 6.03 Å². The fourth-order valence-electron chi connectivity index (χ4n) is 1.25. The zero-order chi connectivity index (χ0) is 13.5. The molecule has 0 fully saturated rings. The smallest absolute Gasteiger partial charge is 0.316 e. The molecule has 0 aliphatic rings. The van der Waals surface area contributed by atoms with Crippen LogP contribution in [-0.2, 0) is 0 Å². The van der Waals surface area contributed by atoms with E-state index >= 15 is 0 Å². The molecule has 0 spiro atoms. The van der Waals surface area contributed by atoms with Gasteiger partial charge < -0.3 is 20.3 Å². The molecule has 0 aliphatic carbocycles. The number of amides is 2. The lowest BCUT2D eigenvalue weighted by Crippen LogP contribution is -2.37. The number of ether oxygens (including phenoxy) is 1. The highest BCUT2D eigenvalue weighted by atomic mass is 16.5. The van der Waals surface area contributed by atoms with Gasteiger partial charge in [0.25, 0.3) is 0 Å². The first-order chi connectivity index (χ1) is 8.52. The Morgan fingerprint density at radius 2 is 2.11 bits per heavy atom. The molecule has 18 heavy (non-hydrogen) atoms. The van der Waals surface area contributed by atoms with Gasteiger partial charge in [0.2, 0.25) is 5.88 Å². The van der Waals surface area contributed by atoms with Crippen molar-refractivity contribution in [2.24, 2.45) is 0 Å². The van der Waals surface area contributed by atoms with E-state index in [1.807, 2.05) is 0 Å². The number of aryl methyl sites for hydroxylation is 1. The molecule has 1 aromatic heterocycles. The van der Waals surface area contributed by atoms with Crippen LogP contribution < -0.4 is 15.4 Å². The maximum atomic E-state index is 11.3. The molecule has 2 amide bonds. The molecule has 7 nitrogen and oxygen atoms in total. The summed E-state index contributed by atoms with van der Waals surface area (Å²) in [5.41, 5.74) is 0. The second-order valence-electron chi connectivity index (χ2n) is 3.90. The van der Waals surface area contributed by atoms with E-state index in [-0.39, 0.29) is 6.03 Å². The number of nitrogens with zero attached hydrogens (tertiary/aromatic N) is 3. The number of hydrogen-bond donors (Lipinski definition) is 2. The zero-order valence-electron chi connectivity index (χ0n) is 11.1. The molecule has 7 heteroatoms. The number of carbonyl (C=O) groups excluding carboxylic acids is 1. The van der Waals surface area contributed by atoms with Gasteiger partial charge in [-0.2, -0.15) is 4.98 Å². The number of nitrogens with one attached hydrogen (secondary N) is 2. The van der Waals surface area contributed by atoms with Crippen LogP contribution in [0.3, 0.4) is 0 Å². The lowest BCUT2D eigenvalue weighted by molar-refractivity contribution is 0.218. The first-order valence-corrected chi connectivity index (χ1v) is 5.61. The Morgan fingerprint density at radius 1 is 1.39 bits per heavy atom. The summed E-state index contributed by atoms with van der Waals surface area (Å²) in [6.45, 7) is 2.89. The minimum absolute atomic E-state index is 0.117. The third-order valence-electron chi connectivity index (χ3n) is 2.14. The summed E-state index contributed by atoms with van der Waals surface area (Å²) in [4.78, 5) is 21.0. The first kappa shape index (κ1) is 14.0. The van der Waals surface area contributed by atoms with E-state index in [1.165, 1.54) is 4.90 Å². The van der Waals surface area contributed by atoms with E-state index in [1.54, 1.807) is 34.2 Å². The Labute approximate surface area is 107 Å². The standard InChI is InChI=1S/C11H19N5O2/c1-8-14-9(7-10(15-8)18-4)12-5-6-13-11(17)16(2)3/h7H,5-6H2,1-4H3,(H,13,17)(H,12,14,15).